The number of rotatable bonds is 6. The molecular weight excluding hydrogens is 414 g/mol. The van der Waals surface area contributed by atoms with Gasteiger partial charge in [-0.2, -0.15) is 0 Å². The summed E-state index contributed by atoms with van der Waals surface area (Å²) in [6, 6.07) is 14.7. The van der Waals surface area contributed by atoms with Gasteiger partial charge in [0.15, 0.2) is 0 Å². The van der Waals surface area contributed by atoms with Crippen LogP contribution in [-0.4, -0.2) is 27.8 Å². The summed E-state index contributed by atoms with van der Waals surface area (Å²) >= 11 is 0. The van der Waals surface area contributed by atoms with Gasteiger partial charge in [-0.15, -0.1) is 0 Å². The third kappa shape index (κ3) is 5.37. The summed E-state index contributed by atoms with van der Waals surface area (Å²) in [6.45, 7) is 4.12. The second kappa shape index (κ2) is 9.81. The van der Waals surface area contributed by atoms with E-state index in [2.05, 4.69) is 27.5 Å². The number of nitrogens with two attached hydrogens (primary N) is 1. The Hall–Kier alpha value is -3.74. The maximum absolute atomic E-state index is 12.6. The van der Waals surface area contributed by atoms with Crippen molar-refractivity contribution < 1.29 is 9.59 Å². The van der Waals surface area contributed by atoms with Crippen LogP contribution in [0.5, 0.6) is 0 Å². The first-order valence-corrected chi connectivity index (χ1v) is 11.3. The summed E-state index contributed by atoms with van der Waals surface area (Å²) < 4.78 is 0. The number of aromatic nitrogens is 2. The molecule has 1 heterocycles. The van der Waals surface area contributed by atoms with E-state index in [9.17, 15) is 9.59 Å². The van der Waals surface area contributed by atoms with Crippen molar-refractivity contribution in [1.29, 1.82) is 0 Å². The van der Waals surface area contributed by atoms with Crippen molar-refractivity contribution in [2.24, 2.45) is 11.7 Å². The Morgan fingerprint density at radius 2 is 1.73 bits per heavy atom. The number of amides is 2. The molecule has 1 aliphatic rings. The van der Waals surface area contributed by atoms with E-state index in [0.29, 0.717) is 22.8 Å². The van der Waals surface area contributed by atoms with Gasteiger partial charge in [0.1, 0.15) is 0 Å². The Kier molecular flexibility index (Phi) is 6.68. The van der Waals surface area contributed by atoms with Crippen molar-refractivity contribution in [2.75, 3.05) is 5.32 Å². The average molecular weight is 444 g/mol. The van der Waals surface area contributed by atoms with E-state index in [1.165, 1.54) is 12.8 Å². The van der Waals surface area contributed by atoms with Crippen LogP contribution in [0.1, 0.15) is 58.9 Å². The van der Waals surface area contributed by atoms with E-state index >= 15 is 0 Å². The quantitative estimate of drug-likeness (QED) is 0.516. The van der Waals surface area contributed by atoms with Gasteiger partial charge in [0, 0.05) is 34.6 Å². The lowest BCUT2D eigenvalue weighted by atomic mass is 9.87. The predicted molar refractivity (Wildman–Crippen MR) is 129 cm³/mol. The maximum Gasteiger partial charge on any atom is 0.251 e. The van der Waals surface area contributed by atoms with Crippen LogP contribution in [0.25, 0.3) is 11.3 Å². The van der Waals surface area contributed by atoms with Crippen LogP contribution < -0.4 is 16.4 Å². The number of anilines is 2. The zero-order valence-electron chi connectivity index (χ0n) is 19.0. The SMILES string of the molecule is Cc1c(C(N)=O)cccc1-c1ccnc(Nc2ccc(C(=O)NC3CCC(C)CC3)cc2)n1. The van der Waals surface area contributed by atoms with Crippen molar-refractivity contribution >= 4 is 23.5 Å². The minimum absolute atomic E-state index is 0.0378. The van der Waals surface area contributed by atoms with Gasteiger partial charge in [-0.05, 0) is 80.5 Å². The highest BCUT2D eigenvalue weighted by atomic mass is 16.2. The second-order valence-corrected chi connectivity index (χ2v) is 8.74. The van der Waals surface area contributed by atoms with E-state index in [4.69, 9.17) is 5.73 Å². The Morgan fingerprint density at radius 1 is 1.00 bits per heavy atom. The number of carbonyl (C=O) groups excluding carboxylic acids is 2. The van der Waals surface area contributed by atoms with E-state index in [1.807, 2.05) is 25.1 Å². The molecule has 0 spiro atoms. The van der Waals surface area contributed by atoms with Crippen molar-refractivity contribution in [3.63, 3.8) is 0 Å². The lowest BCUT2D eigenvalue weighted by Crippen LogP contribution is -2.37. The van der Waals surface area contributed by atoms with Gasteiger partial charge in [0.25, 0.3) is 5.91 Å². The Bertz CT molecular complexity index is 1150. The van der Waals surface area contributed by atoms with E-state index in [0.717, 1.165) is 35.6 Å². The zero-order chi connectivity index (χ0) is 23.4. The molecule has 7 heteroatoms. The van der Waals surface area contributed by atoms with Crippen LogP contribution in [0.3, 0.4) is 0 Å². The molecule has 0 bridgehead atoms. The minimum Gasteiger partial charge on any atom is -0.366 e. The zero-order valence-corrected chi connectivity index (χ0v) is 19.0. The van der Waals surface area contributed by atoms with Crippen LogP contribution in [0, 0.1) is 12.8 Å². The number of benzene rings is 2. The molecule has 0 aliphatic heterocycles. The molecule has 0 atom stereocenters. The first-order chi connectivity index (χ1) is 15.9. The highest BCUT2D eigenvalue weighted by Crippen LogP contribution is 2.26. The summed E-state index contributed by atoms with van der Waals surface area (Å²) in [5, 5.41) is 6.33. The molecule has 1 aromatic heterocycles. The van der Waals surface area contributed by atoms with E-state index < -0.39 is 5.91 Å². The molecular formula is C26H29N5O2. The Labute approximate surface area is 193 Å². The Balaban J connectivity index is 1.44. The summed E-state index contributed by atoms with van der Waals surface area (Å²) in [4.78, 5) is 33.1. The van der Waals surface area contributed by atoms with Gasteiger partial charge in [-0.1, -0.05) is 19.1 Å². The predicted octanol–water partition coefficient (Wildman–Crippen LogP) is 4.60. The van der Waals surface area contributed by atoms with Gasteiger partial charge in [-0.3, -0.25) is 9.59 Å². The molecule has 33 heavy (non-hydrogen) atoms. The van der Waals surface area contributed by atoms with Crippen LogP contribution in [0.2, 0.25) is 0 Å². The summed E-state index contributed by atoms with van der Waals surface area (Å²) in [5.74, 6) is 0.665. The molecule has 4 N–H and O–H groups in total. The Morgan fingerprint density at radius 3 is 2.42 bits per heavy atom. The highest BCUT2D eigenvalue weighted by molar-refractivity contribution is 5.96. The third-order valence-corrected chi connectivity index (χ3v) is 6.29. The van der Waals surface area contributed by atoms with Gasteiger partial charge in [0.05, 0.1) is 5.69 Å². The summed E-state index contributed by atoms with van der Waals surface area (Å²) in [6.07, 6.45) is 6.08. The molecule has 4 rings (SSSR count). The molecule has 1 fully saturated rings. The molecule has 2 aromatic carbocycles. The van der Waals surface area contributed by atoms with Crippen LogP contribution in [-0.2, 0) is 0 Å². The lowest BCUT2D eigenvalue weighted by molar-refractivity contribution is 0.0922. The molecule has 0 radical (unpaired) electrons. The highest BCUT2D eigenvalue weighted by Gasteiger charge is 2.20. The van der Waals surface area contributed by atoms with Gasteiger partial charge >= 0.3 is 0 Å². The first-order valence-electron chi connectivity index (χ1n) is 11.3. The van der Waals surface area contributed by atoms with Crippen LogP contribution >= 0.6 is 0 Å². The lowest BCUT2D eigenvalue weighted by Gasteiger charge is -2.26. The van der Waals surface area contributed by atoms with E-state index in [-0.39, 0.29) is 11.9 Å². The second-order valence-electron chi connectivity index (χ2n) is 8.74. The number of nitrogens with zero attached hydrogens (tertiary/aromatic N) is 2. The molecule has 3 aromatic rings. The van der Waals surface area contributed by atoms with Crippen molar-refractivity contribution in [2.45, 2.75) is 45.6 Å². The average Bonchev–Trinajstić information content (AvgIpc) is 2.81. The fourth-order valence-electron chi connectivity index (χ4n) is 4.26. The number of hydrogen-bond donors (Lipinski definition) is 3. The molecule has 1 saturated carbocycles. The number of carbonyl (C=O) groups is 2. The van der Waals surface area contributed by atoms with Crippen LogP contribution in [0.15, 0.2) is 54.7 Å². The molecule has 2 amide bonds. The molecule has 170 valence electrons. The molecule has 7 nitrogen and oxygen atoms in total. The monoisotopic (exact) mass is 443 g/mol. The molecule has 0 unspecified atom stereocenters. The number of nitrogens with one attached hydrogen (secondary N) is 2. The third-order valence-electron chi connectivity index (χ3n) is 6.29. The van der Waals surface area contributed by atoms with Gasteiger partial charge in [0.2, 0.25) is 11.9 Å². The number of primary amides is 1. The fourth-order valence-corrected chi connectivity index (χ4v) is 4.26. The van der Waals surface area contributed by atoms with Crippen molar-refractivity contribution in [3.8, 4) is 11.3 Å². The maximum atomic E-state index is 12.6. The van der Waals surface area contributed by atoms with E-state index in [1.54, 1.807) is 36.5 Å². The molecule has 0 saturated heterocycles. The van der Waals surface area contributed by atoms with Gasteiger partial charge < -0.3 is 16.4 Å². The van der Waals surface area contributed by atoms with Gasteiger partial charge in [-0.25, -0.2) is 9.97 Å². The number of hydrogen-bond acceptors (Lipinski definition) is 5. The fraction of sp³-hybridized carbons (Fsp3) is 0.308. The van der Waals surface area contributed by atoms with Crippen molar-refractivity contribution in [1.82, 2.24) is 15.3 Å². The minimum atomic E-state index is -0.469. The largest absolute Gasteiger partial charge is 0.366 e. The first kappa shape index (κ1) is 22.5. The smallest absolute Gasteiger partial charge is 0.251 e. The van der Waals surface area contributed by atoms with Crippen molar-refractivity contribution in [3.05, 3.63) is 71.4 Å². The standard InChI is InChI=1S/C26H29N5O2/c1-16-6-10-19(11-7-16)29-25(33)18-8-12-20(13-9-18)30-26-28-15-14-23(31-26)21-4-3-5-22(17(21)2)24(27)32/h3-5,8-9,12-16,19H,6-7,10-11H2,1-2H3,(H2,27,32)(H,29,33)(H,28,30,31). The topological polar surface area (TPSA) is 110 Å². The normalized spacial score (nSPS) is 17.9. The molecule has 1 aliphatic carbocycles. The summed E-state index contributed by atoms with van der Waals surface area (Å²) in [7, 11) is 0. The van der Waals surface area contributed by atoms with Crippen LogP contribution in [0.4, 0.5) is 11.6 Å². The summed E-state index contributed by atoms with van der Waals surface area (Å²) in [5.41, 5.74) is 9.63.